The minimum Gasteiger partial charge on any atom is -0.348 e. The Kier molecular flexibility index (Phi) is 5.04. The maximum absolute atomic E-state index is 12.8. The van der Waals surface area contributed by atoms with Gasteiger partial charge in [-0.25, -0.2) is 4.68 Å². The number of nitrogens with zero attached hydrogens (tertiary/aromatic N) is 2. The van der Waals surface area contributed by atoms with Gasteiger partial charge in [0.25, 0.3) is 5.91 Å². The van der Waals surface area contributed by atoms with Crippen LogP contribution in [0.15, 0.2) is 47.8 Å². The van der Waals surface area contributed by atoms with Gasteiger partial charge >= 0.3 is 0 Å². The van der Waals surface area contributed by atoms with Crippen LogP contribution in [0, 0.1) is 12.8 Å². The second-order valence-electron chi connectivity index (χ2n) is 6.65. The summed E-state index contributed by atoms with van der Waals surface area (Å²) in [6.45, 7) is 8.26. The van der Waals surface area contributed by atoms with Crippen LogP contribution in [0.5, 0.6) is 0 Å². The van der Waals surface area contributed by atoms with Crippen molar-refractivity contribution < 1.29 is 4.79 Å². The van der Waals surface area contributed by atoms with Gasteiger partial charge in [0, 0.05) is 6.04 Å². The molecule has 1 amide bonds. The summed E-state index contributed by atoms with van der Waals surface area (Å²) >= 11 is 1.62. The van der Waals surface area contributed by atoms with E-state index in [0.717, 1.165) is 16.3 Å². The molecule has 1 aromatic carbocycles. The zero-order valence-electron chi connectivity index (χ0n) is 15.0. The van der Waals surface area contributed by atoms with E-state index in [9.17, 15) is 4.79 Å². The summed E-state index contributed by atoms with van der Waals surface area (Å²) in [5.41, 5.74) is 3.43. The Morgan fingerprint density at radius 2 is 1.88 bits per heavy atom. The number of thiophene rings is 1. The third-order valence-corrected chi connectivity index (χ3v) is 5.25. The minimum absolute atomic E-state index is 0.0963. The summed E-state index contributed by atoms with van der Waals surface area (Å²) in [4.78, 5) is 13.9. The Morgan fingerprint density at radius 3 is 2.48 bits per heavy atom. The highest BCUT2D eigenvalue weighted by atomic mass is 32.1. The number of hydrogen-bond acceptors (Lipinski definition) is 3. The third kappa shape index (κ3) is 3.82. The highest BCUT2D eigenvalue weighted by Crippen LogP contribution is 2.26. The van der Waals surface area contributed by atoms with Crippen LogP contribution in [-0.2, 0) is 0 Å². The lowest BCUT2D eigenvalue weighted by atomic mass is 10.1. The van der Waals surface area contributed by atoms with E-state index >= 15 is 0 Å². The predicted octanol–water partition coefficient (Wildman–Crippen LogP) is 4.68. The van der Waals surface area contributed by atoms with Gasteiger partial charge in [-0.3, -0.25) is 4.79 Å². The lowest BCUT2D eigenvalue weighted by Gasteiger charge is -2.17. The average molecular weight is 353 g/mol. The normalized spacial score (nSPS) is 12.4. The molecular formula is C20H23N3OS. The molecule has 3 aromatic rings. The summed E-state index contributed by atoms with van der Waals surface area (Å²) in [7, 11) is 0. The maximum Gasteiger partial charge on any atom is 0.270 e. The van der Waals surface area contributed by atoms with Gasteiger partial charge in [0.15, 0.2) is 0 Å². The fourth-order valence-electron chi connectivity index (χ4n) is 2.42. The first-order valence-electron chi connectivity index (χ1n) is 8.47. The molecular weight excluding hydrogens is 330 g/mol. The van der Waals surface area contributed by atoms with Crippen molar-refractivity contribution in [3.63, 3.8) is 0 Å². The van der Waals surface area contributed by atoms with Gasteiger partial charge in [0.2, 0.25) is 0 Å². The van der Waals surface area contributed by atoms with Gasteiger partial charge in [-0.15, -0.1) is 11.3 Å². The van der Waals surface area contributed by atoms with E-state index in [-0.39, 0.29) is 11.9 Å². The fourth-order valence-corrected chi connectivity index (χ4v) is 3.10. The number of rotatable bonds is 5. The van der Waals surface area contributed by atoms with Crippen LogP contribution in [0.25, 0.3) is 16.3 Å². The Hall–Kier alpha value is -2.40. The highest BCUT2D eigenvalue weighted by molar-refractivity contribution is 7.13. The van der Waals surface area contributed by atoms with E-state index in [1.165, 1.54) is 5.56 Å². The first-order valence-corrected chi connectivity index (χ1v) is 9.35. The first-order chi connectivity index (χ1) is 12.0. The van der Waals surface area contributed by atoms with Crippen LogP contribution < -0.4 is 5.32 Å². The molecule has 0 fully saturated rings. The lowest BCUT2D eigenvalue weighted by Crippen LogP contribution is -2.37. The Labute approximate surface area is 152 Å². The molecule has 0 bridgehead atoms. The minimum atomic E-state index is -0.0999. The number of aryl methyl sites for hydroxylation is 1. The average Bonchev–Trinajstić information content (AvgIpc) is 3.24. The molecule has 0 unspecified atom stereocenters. The van der Waals surface area contributed by atoms with Gasteiger partial charge in [0.05, 0.1) is 10.6 Å². The zero-order valence-corrected chi connectivity index (χ0v) is 15.8. The van der Waals surface area contributed by atoms with E-state index < -0.39 is 0 Å². The van der Waals surface area contributed by atoms with Crippen molar-refractivity contribution in [1.82, 2.24) is 15.1 Å². The van der Waals surface area contributed by atoms with Gasteiger partial charge in [-0.1, -0.05) is 37.6 Å². The largest absolute Gasteiger partial charge is 0.348 e. The highest BCUT2D eigenvalue weighted by Gasteiger charge is 2.20. The van der Waals surface area contributed by atoms with Crippen molar-refractivity contribution in [2.75, 3.05) is 0 Å². The lowest BCUT2D eigenvalue weighted by molar-refractivity contribution is 0.0922. The van der Waals surface area contributed by atoms with E-state index in [4.69, 9.17) is 5.10 Å². The molecule has 5 heteroatoms. The number of amides is 1. The first kappa shape index (κ1) is 17.4. The van der Waals surface area contributed by atoms with Gasteiger partial charge in [0.1, 0.15) is 11.4 Å². The Balaban J connectivity index is 2.02. The summed E-state index contributed by atoms with van der Waals surface area (Å²) in [6.07, 6.45) is 0. The zero-order chi connectivity index (χ0) is 18.0. The molecule has 130 valence electrons. The number of benzene rings is 1. The molecule has 0 aliphatic carbocycles. The molecule has 0 spiro atoms. The molecule has 0 radical (unpaired) electrons. The molecule has 3 rings (SSSR count). The smallest absolute Gasteiger partial charge is 0.270 e. The van der Waals surface area contributed by atoms with Crippen LogP contribution in [0.3, 0.4) is 0 Å². The molecule has 2 heterocycles. The number of carbonyl (C=O) groups is 1. The quantitative estimate of drug-likeness (QED) is 0.724. The molecule has 1 N–H and O–H groups in total. The molecule has 0 aliphatic rings. The second kappa shape index (κ2) is 7.23. The van der Waals surface area contributed by atoms with Crippen molar-refractivity contribution in [2.45, 2.75) is 33.7 Å². The summed E-state index contributed by atoms with van der Waals surface area (Å²) in [5.74, 6) is 0.272. The van der Waals surface area contributed by atoms with Crippen LogP contribution in [-0.4, -0.2) is 21.7 Å². The SMILES string of the molecule is Cc1ccc(-n2nc(-c3cccs3)cc2C(=O)N[C@@H](C)C(C)C)cc1. The standard InChI is InChI=1S/C20H23N3OS/c1-13(2)15(4)21-20(24)18-12-17(19-6-5-11-25-19)22-23(18)16-9-7-14(3)8-10-16/h5-13,15H,1-4H3,(H,21,24)/t15-/m0/s1. The molecule has 25 heavy (non-hydrogen) atoms. The molecule has 0 aliphatic heterocycles. The summed E-state index contributed by atoms with van der Waals surface area (Å²) < 4.78 is 1.73. The monoisotopic (exact) mass is 353 g/mol. The second-order valence-corrected chi connectivity index (χ2v) is 7.59. The fraction of sp³-hybridized carbons (Fsp3) is 0.300. The van der Waals surface area contributed by atoms with Gasteiger partial charge in [-0.2, -0.15) is 5.10 Å². The number of carbonyl (C=O) groups excluding carboxylic acids is 1. The van der Waals surface area contributed by atoms with E-state index in [2.05, 4.69) is 19.2 Å². The van der Waals surface area contributed by atoms with Crippen LogP contribution >= 0.6 is 11.3 Å². The van der Waals surface area contributed by atoms with Crippen molar-refractivity contribution in [3.05, 3.63) is 59.1 Å². The molecule has 0 saturated heterocycles. The third-order valence-electron chi connectivity index (χ3n) is 4.35. The maximum atomic E-state index is 12.8. The van der Waals surface area contributed by atoms with Crippen LogP contribution in [0.4, 0.5) is 0 Å². The number of hydrogen-bond donors (Lipinski definition) is 1. The summed E-state index contributed by atoms with van der Waals surface area (Å²) in [6, 6.07) is 14.0. The van der Waals surface area contributed by atoms with Crippen molar-refractivity contribution >= 4 is 17.2 Å². The molecule has 1 atom stereocenters. The molecule has 2 aromatic heterocycles. The topological polar surface area (TPSA) is 46.9 Å². The van der Waals surface area contributed by atoms with Gasteiger partial charge < -0.3 is 5.32 Å². The van der Waals surface area contributed by atoms with E-state index in [1.54, 1.807) is 16.0 Å². The van der Waals surface area contributed by atoms with E-state index in [0.29, 0.717) is 11.6 Å². The van der Waals surface area contributed by atoms with Crippen molar-refractivity contribution in [1.29, 1.82) is 0 Å². The Morgan fingerprint density at radius 1 is 1.16 bits per heavy atom. The van der Waals surface area contributed by atoms with Crippen LogP contribution in [0.2, 0.25) is 0 Å². The molecule has 0 saturated carbocycles. The number of nitrogens with one attached hydrogen (secondary N) is 1. The van der Waals surface area contributed by atoms with Gasteiger partial charge in [-0.05, 0) is 49.4 Å². The van der Waals surface area contributed by atoms with Crippen molar-refractivity contribution in [2.24, 2.45) is 5.92 Å². The van der Waals surface area contributed by atoms with Crippen LogP contribution in [0.1, 0.15) is 36.8 Å². The molecule has 4 nitrogen and oxygen atoms in total. The van der Waals surface area contributed by atoms with E-state index in [1.807, 2.05) is 61.7 Å². The number of aromatic nitrogens is 2. The predicted molar refractivity (Wildman–Crippen MR) is 103 cm³/mol. The summed E-state index contributed by atoms with van der Waals surface area (Å²) in [5, 5.41) is 9.79. The van der Waals surface area contributed by atoms with Crippen molar-refractivity contribution in [3.8, 4) is 16.3 Å². The Bertz CT molecular complexity index is 848.